The van der Waals surface area contributed by atoms with Crippen LogP contribution in [0.2, 0.25) is 0 Å². The van der Waals surface area contributed by atoms with Crippen LogP contribution >= 0.6 is 0 Å². The first kappa shape index (κ1) is 29.8. The predicted molar refractivity (Wildman–Crippen MR) is 142 cm³/mol. The van der Waals surface area contributed by atoms with Crippen molar-refractivity contribution in [2.24, 2.45) is 0 Å². The average molecular weight is 547 g/mol. The summed E-state index contributed by atoms with van der Waals surface area (Å²) < 4.78 is 35.8. The number of rotatable bonds is 8. The molecule has 3 rings (SSSR count). The maximum atomic E-state index is 13.9. The highest BCUT2D eigenvalue weighted by Crippen LogP contribution is 2.41. The maximum absolute atomic E-state index is 13.9. The fourth-order valence-electron chi connectivity index (χ4n) is 4.50. The van der Waals surface area contributed by atoms with Crippen molar-refractivity contribution in [3.8, 4) is 5.88 Å². The standard InChI is InChI=1S/C28H36F2N4O5/c1-16(2)19-10-8-9-11-20(19)28(24(36)33-21-13-12-17(3)31-22(21)38-25(29)30)14-34(15-28)23(35)18(4)32-26(37)39-27(5,6)7/h8-13,16,18,25H,14-15H2,1-7H3,(H,32,37)(H,33,36)/t18-/m0/s1. The molecule has 0 bridgehead atoms. The minimum Gasteiger partial charge on any atom is -0.444 e. The van der Waals surface area contributed by atoms with Crippen LogP contribution in [0.25, 0.3) is 0 Å². The lowest BCUT2D eigenvalue weighted by Crippen LogP contribution is -2.68. The number of alkyl carbamates (subject to hydrolysis) is 1. The molecule has 0 saturated carbocycles. The number of nitrogens with one attached hydrogen (secondary N) is 2. The van der Waals surface area contributed by atoms with E-state index in [2.05, 4.69) is 20.4 Å². The van der Waals surface area contributed by atoms with Gasteiger partial charge in [0, 0.05) is 18.8 Å². The zero-order valence-corrected chi connectivity index (χ0v) is 23.3. The molecule has 39 heavy (non-hydrogen) atoms. The molecule has 2 N–H and O–H groups in total. The number of aromatic nitrogens is 1. The molecule has 1 atom stereocenters. The van der Waals surface area contributed by atoms with E-state index in [-0.39, 0.29) is 30.6 Å². The number of ether oxygens (including phenoxy) is 2. The topological polar surface area (TPSA) is 110 Å². The van der Waals surface area contributed by atoms with Crippen LogP contribution in [0.15, 0.2) is 36.4 Å². The highest BCUT2D eigenvalue weighted by Gasteiger charge is 2.54. The van der Waals surface area contributed by atoms with Crippen LogP contribution < -0.4 is 15.4 Å². The van der Waals surface area contributed by atoms with Gasteiger partial charge in [-0.2, -0.15) is 8.78 Å². The van der Waals surface area contributed by atoms with Crippen molar-refractivity contribution in [2.45, 2.75) is 78.1 Å². The number of alkyl halides is 2. The summed E-state index contributed by atoms with van der Waals surface area (Å²) in [7, 11) is 0. The molecule has 3 amide bonds. The van der Waals surface area contributed by atoms with Gasteiger partial charge in [0.05, 0.1) is 0 Å². The lowest BCUT2D eigenvalue weighted by atomic mass is 9.69. The third-order valence-electron chi connectivity index (χ3n) is 6.32. The van der Waals surface area contributed by atoms with E-state index >= 15 is 0 Å². The first-order valence-electron chi connectivity index (χ1n) is 12.7. The molecule has 0 spiro atoms. The first-order chi connectivity index (χ1) is 18.1. The Kier molecular flexibility index (Phi) is 8.82. The fraction of sp³-hybridized carbons (Fsp3) is 0.500. The minimum absolute atomic E-state index is 0.00274. The Morgan fingerprint density at radius 2 is 1.69 bits per heavy atom. The number of carbonyl (C=O) groups is 3. The van der Waals surface area contributed by atoms with E-state index in [0.29, 0.717) is 5.69 Å². The molecule has 1 aromatic heterocycles. The third kappa shape index (κ3) is 7.01. The monoisotopic (exact) mass is 546 g/mol. The van der Waals surface area contributed by atoms with Crippen LogP contribution in [0.3, 0.4) is 0 Å². The van der Waals surface area contributed by atoms with E-state index < -0.39 is 41.5 Å². The predicted octanol–water partition coefficient (Wildman–Crippen LogP) is 4.75. The number of halogens is 2. The van der Waals surface area contributed by atoms with Crippen LogP contribution in [0.5, 0.6) is 5.88 Å². The highest BCUT2D eigenvalue weighted by molar-refractivity contribution is 6.03. The van der Waals surface area contributed by atoms with E-state index in [1.807, 2.05) is 38.1 Å². The van der Waals surface area contributed by atoms with E-state index in [9.17, 15) is 23.2 Å². The summed E-state index contributed by atoms with van der Waals surface area (Å²) in [5.41, 5.74) is 0.188. The fourth-order valence-corrected chi connectivity index (χ4v) is 4.50. The first-order valence-corrected chi connectivity index (χ1v) is 12.7. The van der Waals surface area contributed by atoms with Gasteiger partial charge in [-0.05, 0) is 63.8 Å². The van der Waals surface area contributed by atoms with Gasteiger partial charge in [0.15, 0.2) is 0 Å². The van der Waals surface area contributed by atoms with Crippen LogP contribution in [0.4, 0.5) is 19.3 Å². The van der Waals surface area contributed by atoms with Crippen molar-refractivity contribution in [1.82, 2.24) is 15.2 Å². The van der Waals surface area contributed by atoms with Gasteiger partial charge in [0.1, 0.15) is 22.7 Å². The average Bonchev–Trinajstić information content (AvgIpc) is 2.78. The van der Waals surface area contributed by atoms with Crippen LogP contribution in [0, 0.1) is 6.92 Å². The van der Waals surface area contributed by atoms with Crippen LogP contribution in [-0.4, -0.2) is 59.1 Å². The molecular formula is C28H36F2N4O5. The molecule has 11 heteroatoms. The molecule has 2 aromatic rings. The molecule has 1 saturated heterocycles. The smallest absolute Gasteiger partial charge is 0.408 e. The van der Waals surface area contributed by atoms with Crippen molar-refractivity contribution < 1.29 is 32.6 Å². The Morgan fingerprint density at radius 1 is 1.05 bits per heavy atom. The zero-order valence-electron chi connectivity index (χ0n) is 23.3. The molecule has 0 aliphatic carbocycles. The number of pyridine rings is 1. The number of aryl methyl sites for hydroxylation is 1. The summed E-state index contributed by atoms with van der Waals surface area (Å²) in [6.45, 7) is 9.22. The maximum Gasteiger partial charge on any atom is 0.408 e. The normalized spacial score (nSPS) is 15.4. The molecule has 212 valence electrons. The van der Waals surface area contributed by atoms with Gasteiger partial charge in [-0.1, -0.05) is 38.1 Å². The van der Waals surface area contributed by atoms with Gasteiger partial charge >= 0.3 is 12.7 Å². The Balaban J connectivity index is 1.90. The van der Waals surface area contributed by atoms with Crippen molar-refractivity contribution in [3.63, 3.8) is 0 Å². The Morgan fingerprint density at radius 3 is 2.28 bits per heavy atom. The molecule has 9 nitrogen and oxygen atoms in total. The summed E-state index contributed by atoms with van der Waals surface area (Å²) in [5, 5.41) is 5.24. The quantitative estimate of drug-likeness (QED) is 0.495. The number of hydrogen-bond acceptors (Lipinski definition) is 6. The van der Waals surface area contributed by atoms with Gasteiger partial charge in [0.25, 0.3) is 0 Å². The number of nitrogens with zero attached hydrogens (tertiary/aromatic N) is 2. The Hall–Kier alpha value is -3.76. The van der Waals surface area contributed by atoms with Gasteiger partial charge < -0.3 is 25.0 Å². The number of anilines is 1. The Bertz CT molecular complexity index is 1220. The van der Waals surface area contributed by atoms with Crippen molar-refractivity contribution in [1.29, 1.82) is 0 Å². The number of likely N-dealkylation sites (tertiary alicyclic amines) is 1. The molecule has 1 aromatic carbocycles. The molecular weight excluding hydrogens is 510 g/mol. The number of hydrogen-bond donors (Lipinski definition) is 2. The second-order valence-electron chi connectivity index (χ2n) is 11.0. The van der Waals surface area contributed by atoms with E-state index in [4.69, 9.17) is 4.74 Å². The number of amides is 3. The lowest BCUT2D eigenvalue weighted by molar-refractivity contribution is -0.145. The Labute approximate surface area is 227 Å². The van der Waals surface area contributed by atoms with Crippen LogP contribution in [0.1, 0.15) is 64.3 Å². The summed E-state index contributed by atoms with van der Waals surface area (Å²) in [6, 6.07) is 9.57. The van der Waals surface area contributed by atoms with Crippen molar-refractivity contribution in [3.05, 3.63) is 53.2 Å². The van der Waals surface area contributed by atoms with Crippen LogP contribution in [-0.2, 0) is 19.7 Å². The number of carbonyl (C=O) groups excluding carboxylic acids is 3. The van der Waals surface area contributed by atoms with Gasteiger partial charge in [-0.25, -0.2) is 9.78 Å². The van der Waals surface area contributed by atoms with Crippen molar-refractivity contribution in [2.75, 3.05) is 18.4 Å². The van der Waals surface area contributed by atoms with E-state index in [0.717, 1.165) is 11.1 Å². The molecule has 1 aliphatic heterocycles. The summed E-state index contributed by atoms with van der Waals surface area (Å²) in [6.07, 6.45) is -0.725. The molecule has 2 heterocycles. The largest absolute Gasteiger partial charge is 0.444 e. The SMILES string of the molecule is Cc1ccc(NC(=O)C2(c3ccccc3C(C)C)CN(C(=O)[C@H](C)NC(=O)OC(C)(C)C)C2)c(OC(F)F)n1. The highest BCUT2D eigenvalue weighted by atomic mass is 19.3. The molecule has 1 fully saturated rings. The van der Waals surface area contributed by atoms with E-state index in [1.165, 1.54) is 11.0 Å². The van der Waals surface area contributed by atoms with E-state index in [1.54, 1.807) is 40.7 Å². The van der Waals surface area contributed by atoms with Gasteiger partial charge in [-0.15, -0.1) is 0 Å². The minimum atomic E-state index is -3.12. The summed E-state index contributed by atoms with van der Waals surface area (Å²) in [4.78, 5) is 44.7. The second kappa shape index (κ2) is 11.5. The van der Waals surface area contributed by atoms with Gasteiger partial charge in [0.2, 0.25) is 17.7 Å². The lowest BCUT2D eigenvalue weighted by Gasteiger charge is -2.50. The molecule has 1 aliphatic rings. The third-order valence-corrected chi connectivity index (χ3v) is 6.32. The second-order valence-corrected chi connectivity index (χ2v) is 11.0. The van der Waals surface area contributed by atoms with Crippen molar-refractivity contribution >= 4 is 23.6 Å². The summed E-state index contributed by atoms with van der Waals surface area (Å²) in [5.74, 6) is -1.20. The molecule has 0 radical (unpaired) electrons. The molecule has 0 unspecified atom stereocenters. The zero-order chi connectivity index (χ0) is 29.1. The van der Waals surface area contributed by atoms with Gasteiger partial charge in [-0.3, -0.25) is 9.59 Å². The number of benzene rings is 1. The summed E-state index contributed by atoms with van der Waals surface area (Å²) >= 11 is 0.